The summed E-state index contributed by atoms with van der Waals surface area (Å²) in [6.07, 6.45) is 0. The molecule has 0 aliphatic heterocycles. The van der Waals surface area contributed by atoms with Gasteiger partial charge in [0.25, 0.3) is 5.91 Å². The van der Waals surface area contributed by atoms with Crippen LogP contribution in [0.2, 0.25) is 0 Å². The molecule has 0 aliphatic carbocycles. The van der Waals surface area contributed by atoms with Crippen molar-refractivity contribution in [2.45, 2.75) is 0 Å². The molecule has 0 saturated carbocycles. The van der Waals surface area contributed by atoms with E-state index in [1.54, 1.807) is 0 Å². The number of benzene rings is 1. The van der Waals surface area contributed by atoms with E-state index in [-0.39, 0.29) is 30.2 Å². The summed E-state index contributed by atoms with van der Waals surface area (Å²) < 4.78 is 15.5. The summed E-state index contributed by atoms with van der Waals surface area (Å²) in [6.45, 7) is -0.957. The summed E-state index contributed by atoms with van der Waals surface area (Å²) in [5.41, 5.74) is 0.171. The fourth-order valence-corrected chi connectivity index (χ4v) is 1.92. The maximum Gasteiger partial charge on any atom is 0.323 e. The molecule has 0 spiro atoms. The topological polar surface area (TPSA) is 106 Å². The Balaban J connectivity index is 3.23. The molecule has 0 bridgehead atoms. The zero-order valence-electron chi connectivity index (χ0n) is 12.7. The highest BCUT2D eigenvalue weighted by atomic mass is 16.5. The molecule has 8 nitrogen and oxygen atoms in total. The first-order valence-electron chi connectivity index (χ1n) is 6.40. The summed E-state index contributed by atoms with van der Waals surface area (Å²) in [5.74, 6) is -0.840. The average molecular weight is 313 g/mol. The summed E-state index contributed by atoms with van der Waals surface area (Å²) in [4.78, 5) is 24.2. The van der Waals surface area contributed by atoms with Crippen LogP contribution in [0.15, 0.2) is 12.1 Å². The largest absolute Gasteiger partial charge is 0.493 e. The molecule has 1 rings (SSSR count). The number of carbonyl (C=O) groups excluding carboxylic acids is 1. The maximum atomic E-state index is 12.4. The van der Waals surface area contributed by atoms with Gasteiger partial charge in [0, 0.05) is 12.1 Å². The highest BCUT2D eigenvalue weighted by molar-refractivity contribution is 5.97. The van der Waals surface area contributed by atoms with Crippen molar-refractivity contribution in [1.29, 1.82) is 0 Å². The highest BCUT2D eigenvalue weighted by Crippen LogP contribution is 2.38. The van der Waals surface area contributed by atoms with Crippen LogP contribution in [0.5, 0.6) is 17.2 Å². The van der Waals surface area contributed by atoms with Crippen LogP contribution in [0.1, 0.15) is 10.4 Å². The van der Waals surface area contributed by atoms with Gasteiger partial charge in [-0.15, -0.1) is 0 Å². The molecular weight excluding hydrogens is 294 g/mol. The molecule has 22 heavy (non-hydrogen) atoms. The second kappa shape index (κ2) is 8.08. The number of aliphatic carboxylic acids is 1. The van der Waals surface area contributed by atoms with Gasteiger partial charge in [-0.3, -0.25) is 9.59 Å². The van der Waals surface area contributed by atoms with Gasteiger partial charge in [-0.2, -0.15) is 0 Å². The quantitative estimate of drug-likeness (QED) is 0.707. The lowest BCUT2D eigenvalue weighted by Crippen LogP contribution is -2.37. The van der Waals surface area contributed by atoms with Crippen LogP contribution in [-0.2, 0) is 4.79 Å². The average Bonchev–Trinajstić information content (AvgIpc) is 2.51. The number of aliphatic hydroxyl groups is 1. The number of ether oxygens (including phenoxy) is 3. The van der Waals surface area contributed by atoms with E-state index < -0.39 is 18.4 Å². The molecule has 0 atom stereocenters. The monoisotopic (exact) mass is 313 g/mol. The number of rotatable bonds is 8. The fourth-order valence-electron chi connectivity index (χ4n) is 1.92. The Labute approximate surface area is 127 Å². The van der Waals surface area contributed by atoms with Crippen molar-refractivity contribution in [3.63, 3.8) is 0 Å². The van der Waals surface area contributed by atoms with Crippen molar-refractivity contribution < 1.29 is 34.0 Å². The molecule has 0 aliphatic rings. The van der Waals surface area contributed by atoms with Crippen molar-refractivity contribution in [2.75, 3.05) is 41.0 Å². The smallest absolute Gasteiger partial charge is 0.323 e. The van der Waals surface area contributed by atoms with E-state index in [1.165, 1.54) is 33.5 Å². The number of hydrogen-bond acceptors (Lipinski definition) is 6. The Morgan fingerprint density at radius 3 is 2.00 bits per heavy atom. The Morgan fingerprint density at radius 1 is 1.09 bits per heavy atom. The third-order valence-electron chi connectivity index (χ3n) is 2.89. The number of amides is 1. The van der Waals surface area contributed by atoms with Crippen molar-refractivity contribution in [3.8, 4) is 17.2 Å². The number of methoxy groups -OCH3 is 3. The molecule has 0 heterocycles. The molecule has 2 N–H and O–H groups in total. The molecule has 1 aromatic carbocycles. The van der Waals surface area contributed by atoms with Gasteiger partial charge in [-0.25, -0.2) is 0 Å². The minimum atomic E-state index is -1.17. The third kappa shape index (κ3) is 4.01. The number of hydrogen-bond donors (Lipinski definition) is 2. The Hall–Kier alpha value is -2.48. The van der Waals surface area contributed by atoms with Crippen LogP contribution in [0.25, 0.3) is 0 Å². The second-order valence-corrected chi connectivity index (χ2v) is 4.26. The molecule has 1 amide bonds. The number of carbonyl (C=O) groups is 2. The summed E-state index contributed by atoms with van der Waals surface area (Å²) in [5, 5.41) is 17.8. The zero-order valence-corrected chi connectivity index (χ0v) is 12.7. The molecule has 0 unspecified atom stereocenters. The normalized spacial score (nSPS) is 10.0. The number of aliphatic hydroxyl groups excluding tert-OH is 1. The van der Waals surface area contributed by atoms with Gasteiger partial charge < -0.3 is 29.3 Å². The minimum Gasteiger partial charge on any atom is -0.493 e. The SMILES string of the molecule is COc1cc(C(=O)N(CCO)CC(=O)O)cc(OC)c1OC. The molecule has 1 aromatic rings. The molecule has 0 radical (unpaired) electrons. The van der Waals surface area contributed by atoms with Crippen molar-refractivity contribution in [1.82, 2.24) is 4.90 Å². The van der Waals surface area contributed by atoms with Crippen LogP contribution in [0.3, 0.4) is 0 Å². The van der Waals surface area contributed by atoms with Gasteiger partial charge in [-0.1, -0.05) is 0 Å². The number of nitrogens with zero attached hydrogens (tertiary/aromatic N) is 1. The van der Waals surface area contributed by atoms with E-state index in [0.29, 0.717) is 5.75 Å². The molecule has 0 aromatic heterocycles. The molecule has 0 fully saturated rings. The summed E-state index contributed by atoms with van der Waals surface area (Å²) in [6, 6.07) is 2.85. The second-order valence-electron chi connectivity index (χ2n) is 4.26. The van der Waals surface area contributed by atoms with E-state index in [0.717, 1.165) is 4.90 Å². The van der Waals surface area contributed by atoms with Crippen LogP contribution in [-0.4, -0.2) is 68.0 Å². The van der Waals surface area contributed by atoms with E-state index >= 15 is 0 Å². The third-order valence-corrected chi connectivity index (χ3v) is 2.89. The Bertz CT molecular complexity index is 519. The van der Waals surface area contributed by atoms with Crippen LogP contribution in [0.4, 0.5) is 0 Å². The van der Waals surface area contributed by atoms with Gasteiger partial charge >= 0.3 is 5.97 Å². The maximum absolute atomic E-state index is 12.4. The van der Waals surface area contributed by atoms with Crippen molar-refractivity contribution >= 4 is 11.9 Å². The van der Waals surface area contributed by atoms with Gasteiger partial charge in [0.05, 0.1) is 27.9 Å². The van der Waals surface area contributed by atoms with Crippen molar-refractivity contribution in [2.24, 2.45) is 0 Å². The first-order chi connectivity index (χ1) is 10.5. The predicted molar refractivity (Wildman–Crippen MR) is 76.7 cm³/mol. The lowest BCUT2D eigenvalue weighted by molar-refractivity contribution is -0.137. The van der Waals surface area contributed by atoms with E-state index in [2.05, 4.69) is 0 Å². The highest BCUT2D eigenvalue weighted by Gasteiger charge is 2.22. The summed E-state index contributed by atoms with van der Waals surface area (Å²) >= 11 is 0. The standard InChI is InChI=1S/C14H19NO7/c1-20-10-6-9(7-11(21-2)13(10)22-3)14(19)15(4-5-16)8-12(17)18/h6-7,16H,4-5,8H2,1-3H3,(H,17,18). The number of carboxylic acids is 1. The van der Waals surface area contributed by atoms with E-state index in [4.69, 9.17) is 24.4 Å². The van der Waals surface area contributed by atoms with Crippen LogP contribution in [0, 0.1) is 0 Å². The van der Waals surface area contributed by atoms with Gasteiger partial charge in [0.2, 0.25) is 5.75 Å². The van der Waals surface area contributed by atoms with Gasteiger partial charge in [-0.05, 0) is 12.1 Å². The van der Waals surface area contributed by atoms with E-state index in [1.807, 2.05) is 0 Å². The molecule has 8 heteroatoms. The van der Waals surface area contributed by atoms with Gasteiger partial charge in [0.1, 0.15) is 6.54 Å². The van der Waals surface area contributed by atoms with Crippen LogP contribution < -0.4 is 14.2 Å². The van der Waals surface area contributed by atoms with Gasteiger partial charge in [0.15, 0.2) is 11.5 Å². The zero-order chi connectivity index (χ0) is 16.7. The molecular formula is C14H19NO7. The minimum absolute atomic E-state index is 0.0954. The van der Waals surface area contributed by atoms with E-state index in [9.17, 15) is 9.59 Å². The molecule has 122 valence electrons. The van der Waals surface area contributed by atoms with Crippen LogP contribution >= 0.6 is 0 Å². The Morgan fingerprint density at radius 2 is 1.64 bits per heavy atom. The lowest BCUT2D eigenvalue weighted by Gasteiger charge is -2.21. The first-order valence-corrected chi connectivity index (χ1v) is 6.40. The molecule has 0 saturated heterocycles. The lowest BCUT2D eigenvalue weighted by atomic mass is 10.1. The fraction of sp³-hybridized carbons (Fsp3) is 0.429. The van der Waals surface area contributed by atoms with Crippen molar-refractivity contribution in [3.05, 3.63) is 17.7 Å². The summed E-state index contributed by atoms with van der Waals surface area (Å²) in [7, 11) is 4.26. The number of carboxylic acid groups (broad SMARTS) is 1. The predicted octanol–water partition coefficient (Wildman–Crippen LogP) is 0.232. The first kappa shape index (κ1) is 17.6. The Kier molecular flexibility index (Phi) is 6.46.